The molecule has 0 aliphatic carbocycles. The molecule has 92 valence electrons. The number of fused-ring (bicyclic) bond motifs is 1. The highest BCUT2D eigenvalue weighted by Gasteiger charge is 2.21. The fraction of sp³-hybridized carbons (Fsp3) is 0.231. The Kier molecular flexibility index (Phi) is 2.51. The van der Waals surface area contributed by atoms with E-state index in [4.69, 9.17) is 5.73 Å². The van der Waals surface area contributed by atoms with Crippen molar-refractivity contribution >= 4 is 28.1 Å². The van der Waals surface area contributed by atoms with Crippen molar-refractivity contribution in [3.8, 4) is 0 Å². The second-order valence-electron chi connectivity index (χ2n) is 4.47. The van der Waals surface area contributed by atoms with Gasteiger partial charge in [-0.2, -0.15) is 0 Å². The number of amides is 1. The molecule has 0 radical (unpaired) electrons. The number of hydrogen-bond acceptors (Lipinski definition) is 4. The molecular formula is C13H14N4O. The summed E-state index contributed by atoms with van der Waals surface area (Å²) in [5.41, 5.74) is 7.63. The zero-order chi connectivity index (χ0) is 12.5. The van der Waals surface area contributed by atoms with Crippen LogP contribution in [0, 0.1) is 0 Å². The van der Waals surface area contributed by atoms with E-state index in [9.17, 15) is 4.79 Å². The van der Waals surface area contributed by atoms with Gasteiger partial charge in [0.25, 0.3) is 0 Å². The van der Waals surface area contributed by atoms with Gasteiger partial charge in [-0.05, 0) is 18.2 Å². The first-order valence-electron chi connectivity index (χ1n) is 5.89. The molecule has 0 saturated carbocycles. The van der Waals surface area contributed by atoms with Crippen molar-refractivity contribution in [3.63, 3.8) is 0 Å². The average Bonchev–Trinajstić information content (AvgIpc) is 2.79. The number of carbonyl (C=O) groups excluding carboxylic acids is 1. The third-order valence-electron chi connectivity index (χ3n) is 3.19. The Bertz CT molecular complexity index is 611. The van der Waals surface area contributed by atoms with E-state index in [0.29, 0.717) is 13.0 Å². The van der Waals surface area contributed by atoms with Crippen LogP contribution < -0.4 is 16.4 Å². The Morgan fingerprint density at radius 3 is 3.00 bits per heavy atom. The van der Waals surface area contributed by atoms with Crippen LogP contribution in [0.5, 0.6) is 0 Å². The molecular weight excluding hydrogens is 228 g/mol. The van der Waals surface area contributed by atoms with E-state index in [1.165, 1.54) is 0 Å². The van der Waals surface area contributed by atoms with Crippen molar-refractivity contribution in [1.29, 1.82) is 0 Å². The van der Waals surface area contributed by atoms with Gasteiger partial charge in [0.15, 0.2) is 0 Å². The lowest BCUT2D eigenvalue weighted by Crippen LogP contribution is -2.22. The fourth-order valence-corrected chi connectivity index (χ4v) is 2.27. The number of benzene rings is 1. The van der Waals surface area contributed by atoms with E-state index >= 15 is 0 Å². The number of carbonyl (C=O) groups is 1. The van der Waals surface area contributed by atoms with Crippen molar-refractivity contribution in [1.82, 2.24) is 10.3 Å². The van der Waals surface area contributed by atoms with Gasteiger partial charge >= 0.3 is 0 Å². The maximum absolute atomic E-state index is 11.2. The quantitative estimate of drug-likeness (QED) is 0.689. The molecule has 2 aromatic rings. The van der Waals surface area contributed by atoms with Crippen LogP contribution in [0.25, 0.3) is 10.8 Å². The molecule has 1 aromatic heterocycles. The van der Waals surface area contributed by atoms with Gasteiger partial charge in [-0.1, -0.05) is 0 Å². The number of nitrogens with zero attached hydrogens (tertiary/aromatic N) is 1. The molecule has 4 N–H and O–H groups in total. The standard InChI is InChI=1S/C13H14N4O/c14-11-1-2-12(10-7-15-4-3-9(10)11)17-8-5-13(18)16-6-8/h1-4,7-8,17H,5-6,14H2,(H,16,18). The molecule has 1 atom stereocenters. The van der Waals surface area contributed by atoms with Crippen LogP contribution in [0.2, 0.25) is 0 Å². The molecule has 1 fully saturated rings. The Morgan fingerprint density at radius 1 is 1.33 bits per heavy atom. The van der Waals surface area contributed by atoms with E-state index in [2.05, 4.69) is 15.6 Å². The second-order valence-corrected chi connectivity index (χ2v) is 4.47. The minimum atomic E-state index is 0.0883. The Morgan fingerprint density at radius 2 is 2.22 bits per heavy atom. The van der Waals surface area contributed by atoms with Crippen molar-refractivity contribution in [2.45, 2.75) is 12.5 Å². The number of nitrogens with two attached hydrogens (primary N) is 1. The number of anilines is 2. The van der Waals surface area contributed by atoms with Crippen molar-refractivity contribution in [3.05, 3.63) is 30.6 Å². The number of rotatable bonds is 2. The zero-order valence-corrected chi connectivity index (χ0v) is 9.81. The Hall–Kier alpha value is -2.30. The topological polar surface area (TPSA) is 80.0 Å². The van der Waals surface area contributed by atoms with Crippen molar-refractivity contribution in [2.24, 2.45) is 0 Å². The number of hydrogen-bond donors (Lipinski definition) is 3. The zero-order valence-electron chi connectivity index (χ0n) is 9.81. The summed E-state index contributed by atoms with van der Waals surface area (Å²) in [6.07, 6.45) is 4.02. The summed E-state index contributed by atoms with van der Waals surface area (Å²) in [5.74, 6) is 0.0883. The van der Waals surface area contributed by atoms with Gasteiger partial charge in [-0.3, -0.25) is 9.78 Å². The van der Waals surface area contributed by atoms with E-state index < -0.39 is 0 Å². The van der Waals surface area contributed by atoms with Crippen LogP contribution in [0.3, 0.4) is 0 Å². The molecule has 5 heteroatoms. The van der Waals surface area contributed by atoms with Gasteiger partial charge in [0.2, 0.25) is 5.91 Å². The van der Waals surface area contributed by atoms with Gasteiger partial charge in [-0.25, -0.2) is 0 Å². The summed E-state index contributed by atoms with van der Waals surface area (Å²) in [6.45, 7) is 0.658. The van der Waals surface area contributed by atoms with E-state index in [1.54, 1.807) is 12.4 Å². The molecule has 2 heterocycles. The smallest absolute Gasteiger partial charge is 0.222 e. The Balaban J connectivity index is 1.97. The molecule has 5 nitrogen and oxygen atoms in total. The highest BCUT2D eigenvalue weighted by Crippen LogP contribution is 2.28. The van der Waals surface area contributed by atoms with Crippen LogP contribution in [-0.2, 0) is 4.79 Å². The third kappa shape index (κ3) is 1.84. The van der Waals surface area contributed by atoms with Crippen LogP contribution in [0.15, 0.2) is 30.6 Å². The van der Waals surface area contributed by atoms with Crippen LogP contribution in [-0.4, -0.2) is 23.5 Å². The van der Waals surface area contributed by atoms with Gasteiger partial charge < -0.3 is 16.4 Å². The minimum Gasteiger partial charge on any atom is -0.398 e. The summed E-state index contributed by atoms with van der Waals surface area (Å²) < 4.78 is 0. The van der Waals surface area contributed by atoms with Gasteiger partial charge in [0.1, 0.15) is 0 Å². The fourth-order valence-electron chi connectivity index (χ4n) is 2.27. The monoisotopic (exact) mass is 242 g/mol. The summed E-state index contributed by atoms with van der Waals surface area (Å²) in [6, 6.07) is 5.83. The summed E-state index contributed by atoms with van der Waals surface area (Å²) in [5, 5.41) is 8.13. The van der Waals surface area contributed by atoms with Crippen LogP contribution in [0.1, 0.15) is 6.42 Å². The number of aromatic nitrogens is 1. The summed E-state index contributed by atoms with van der Waals surface area (Å²) >= 11 is 0. The molecule has 0 spiro atoms. The highest BCUT2D eigenvalue weighted by atomic mass is 16.1. The Labute approximate surface area is 104 Å². The molecule has 1 aromatic carbocycles. The summed E-state index contributed by atoms with van der Waals surface area (Å²) in [7, 11) is 0. The minimum absolute atomic E-state index is 0.0883. The third-order valence-corrected chi connectivity index (χ3v) is 3.19. The average molecular weight is 242 g/mol. The second kappa shape index (κ2) is 4.18. The van der Waals surface area contributed by atoms with Gasteiger partial charge in [0, 0.05) is 47.5 Å². The molecule has 1 aliphatic heterocycles. The van der Waals surface area contributed by atoms with E-state index in [0.717, 1.165) is 22.1 Å². The number of nitrogen functional groups attached to an aromatic ring is 1. The lowest BCUT2D eigenvalue weighted by atomic mass is 10.1. The summed E-state index contributed by atoms with van der Waals surface area (Å²) in [4.78, 5) is 15.3. The predicted molar refractivity (Wildman–Crippen MR) is 71.2 cm³/mol. The normalized spacial score (nSPS) is 18.9. The first-order valence-corrected chi connectivity index (χ1v) is 5.89. The molecule has 0 bridgehead atoms. The molecule has 1 amide bonds. The highest BCUT2D eigenvalue weighted by molar-refractivity contribution is 6.00. The van der Waals surface area contributed by atoms with Crippen LogP contribution >= 0.6 is 0 Å². The largest absolute Gasteiger partial charge is 0.398 e. The molecule has 3 rings (SSSR count). The van der Waals surface area contributed by atoms with Crippen molar-refractivity contribution in [2.75, 3.05) is 17.6 Å². The first kappa shape index (κ1) is 10.8. The maximum Gasteiger partial charge on any atom is 0.222 e. The van der Waals surface area contributed by atoms with Crippen molar-refractivity contribution < 1.29 is 4.79 Å². The molecule has 18 heavy (non-hydrogen) atoms. The molecule has 1 saturated heterocycles. The maximum atomic E-state index is 11.2. The van der Waals surface area contributed by atoms with E-state index in [-0.39, 0.29) is 11.9 Å². The first-order chi connectivity index (χ1) is 8.74. The SMILES string of the molecule is Nc1ccc(NC2CNC(=O)C2)c2cnccc12. The predicted octanol–water partition coefficient (Wildman–Crippen LogP) is 1.12. The number of nitrogens with one attached hydrogen (secondary N) is 2. The number of pyridine rings is 1. The molecule has 1 unspecified atom stereocenters. The molecule has 1 aliphatic rings. The van der Waals surface area contributed by atoms with Crippen LogP contribution in [0.4, 0.5) is 11.4 Å². The van der Waals surface area contributed by atoms with Gasteiger partial charge in [0.05, 0.1) is 6.04 Å². The lowest BCUT2D eigenvalue weighted by Gasteiger charge is -2.15. The van der Waals surface area contributed by atoms with Gasteiger partial charge in [-0.15, -0.1) is 0 Å². The lowest BCUT2D eigenvalue weighted by molar-refractivity contribution is -0.119. The van der Waals surface area contributed by atoms with E-state index in [1.807, 2.05) is 18.2 Å².